The number of esters is 1. The molecule has 0 N–H and O–H groups in total. The summed E-state index contributed by atoms with van der Waals surface area (Å²) in [6.07, 6.45) is 19.9. The van der Waals surface area contributed by atoms with Gasteiger partial charge in [-0.2, -0.15) is 0 Å². The Kier molecular flexibility index (Phi) is 24.9. The fraction of sp³-hybridized carbons (Fsp3) is 0.967. The number of unbranched alkanes of at least 4 members (excludes halogenated alkanes) is 15. The molecule has 2 atom stereocenters. The Morgan fingerprint density at radius 1 is 0.692 bits per heavy atom. The Labute approximate surface area is 240 Å². The molecule has 0 fully saturated rings. The zero-order chi connectivity index (χ0) is 29.2. The summed E-state index contributed by atoms with van der Waals surface area (Å²) in [7, 11) is 1.36. The van der Waals surface area contributed by atoms with Gasteiger partial charge in [-0.25, -0.2) is 0 Å². The number of hydrogen-bond acceptors (Lipinski definition) is 7. The Balaban J connectivity index is 4.25. The molecule has 234 valence electrons. The molecular formula is C30H62NO7P. The number of likely N-dealkylation sites (N-methyl/N-ethyl adjacent to an activating group) is 1. The number of carbonyl (C=O) groups excluding carboxylic acids is 1. The first kappa shape index (κ1) is 38.5. The molecule has 0 aliphatic carbocycles. The summed E-state index contributed by atoms with van der Waals surface area (Å²) in [5.41, 5.74) is 0. The smallest absolute Gasteiger partial charge is 0.306 e. The molecule has 0 rings (SSSR count). The molecule has 0 aliphatic heterocycles. The quantitative estimate of drug-likeness (QED) is 0.0401. The number of phosphoric ester groups is 1. The molecule has 0 heterocycles. The van der Waals surface area contributed by atoms with Gasteiger partial charge in [0.15, 0.2) is 0 Å². The van der Waals surface area contributed by atoms with E-state index in [1.807, 2.05) is 21.1 Å². The van der Waals surface area contributed by atoms with E-state index in [0.717, 1.165) is 44.9 Å². The minimum Gasteiger partial charge on any atom is -0.756 e. The van der Waals surface area contributed by atoms with Gasteiger partial charge in [0.25, 0.3) is 7.82 Å². The normalized spacial score (nSPS) is 14.3. The maximum atomic E-state index is 12.3. The lowest BCUT2D eigenvalue weighted by Crippen LogP contribution is -2.37. The Morgan fingerprint density at radius 3 is 1.69 bits per heavy atom. The summed E-state index contributed by atoms with van der Waals surface area (Å²) in [6.45, 7) is 5.32. The first-order chi connectivity index (χ1) is 18.6. The highest BCUT2D eigenvalue weighted by Gasteiger charge is 2.20. The van der Waals surface area contributed by atoms with Crippen LogP contribution in [-0.4, -0.2) is 70.7 Å². The van der Waals surface area contributed by atoms with Crippen LogP contribution >= 0.6 is 7.82 Å². The van der Waals surface area contributed by atoms with Crippen molar-refractivity contribution in [1.29, 1.82) is 0 Å². The van der Waals surface area contributed by atoms with Crippen molar-refractivity contribution in [2.24, 2.45) is 0 Å². The number of ether oxygens (including phenoxy) is 2. The van der Waals surface area contributed by atoms with Crippen molar-refractivity contribution in [3.05, 3.63) is 0 Å². The van der Waals surface area contributed by atoms with E-state index in [1.54, 1.807) is 0 Å². The first-order valence-corrected chi connectivity index (χ1v) is 17.2. The van der Waals surface area contributed by atoms with E-state index in [2.05, 4.69) is 13.8 Å². The highest BCUT2D eigenvalue weighted by Crippen LogP contribution is 2.38. The molecule has 0 spiro atoms. The molecular weight excluding hydrogens is 517 g/mol. The average Bonchev–Trinajstić information content (AvgIpc) is 2.86. The first-order valence-electron chi connectivity index (χ1n) is 15.8. The number of carbonyl (C=O) groups is 1. The molecule has 0 bridgehead atoms. The number of hydrogen-bond donors (Lipinski definition) is 0. The largest absolute Gasteiger partial charge is 0.756 e. The monoisotopic (exact) mass is 579 g/mol. The van der Waals surface area contributed by atoms with Crippen LogP contribution in [0.3, 0.4) is 0 Å². The van der Waals surface area contributed by atoms with Gasteiger partial charge < -0.3 is 27.9 Å². The van der Waals surface area contributed by atoms with Crippen molar-refractivity contribution in [1.82, 2.24) is 0 Å². The molecule has 8 nitrogen and oxygen atoms in total. The zero-order valence-electron chi connectivity index (χ0n) is 26.1. The van der Waals surface area contributed by atoms with Gasteiger partial charge in [0.2, 0.25) is 0 Å². The summed E-state index contributed by atoms with van der Waals surface area (Å²) < 4.78 is 34.0. The molecule has 0 aromatic rings. The van der Waals surface area contributed by atoms with Crippen LogP contribution in [0, 0.1) is 0 Å². The Hall–Kier alpha value is -0.500. The molecule has 0 radical (unpaired) electrons. The predicted molar refractivity (Wildman–Crippen MR) is 158 cm³/mol. The van der Waals surface area contributed by atoms with Crippen LogP contribution < -0.4 is 4.89 Å². The SMILES string of the molecule is CCCCCCCCCCCCCCOCC(COP(=O)([O-])OCC[N+](C)(C)C)OC(=O)CCCCCCC. The topological polar surface area (TPSA) is 94.1 Å². The molecule has 0 amide bonds. The van der Waals surface area contributed by atoms with Crippen LogP contribution in [0.25, 0.3) is 0 Å². The molecule has 2 unspecified atom stereocenters. The number of phosphoric acid groups is 1. The minimum absolute atomic E-state index is 0.0297. The maximum Gasteiger partial charge on any atom is 0.306 e. The zero-order valence-corrected chi connectivity index (χ0v) is 27.0. The van der Waals surface area contributed by atoms with Gasteiger partial charge in [0, 0.05) is 13.0 Å². The van der Waals surface area contributed by atoms with E-state index in [-0.39, 0.29) is 25.8 Å². The van der Waals surface area contributed by atoms with Gasteiger partial charge in [-0.15, -0.1) is 0 Å². The van der Waals surface area contributed by atoms with Crippen molar-refractivity contribution in [3.63, 3.8) is 0 Å². The van der Waals surface area contributed by atoms with Crippen molar-refractivity contribution < 1.29 is 37.3 Å². The average molecular weight is 580 g/mol. The van der Waals surface area contributed by atoms with Crippen LogP contribution in [0.15, 0.2) is 0 Å². The van der Waals surface area contributed by atoms with Crippen LogP contribution in [0.4, 0.5) is 0 Å². The number of rotatable bonds is 29. The third kappa shape index (κ3) is 28.8. The minimum atomic E-state index is -4.49. The summed E-state index contributed by atoms with van der Waals surface area (Å²) in [5, 5.41) is 0. The highest BCUT2D eigenvalue weighted by atomic mass is 31.2. The van der Waals surface area contributed by atoms with Crippen LogP contribution in [-0.2, 0) is 27.9 Å². The number of quaternary nitrogens is 1. The van der Waals surface area contributed by atoms with Crippen LogP contribution in [0.5, 0.6) is 0 Å². The van der Waals surface area contributed by atoms with Gasteiger partial charge >= 0.3 is 5.97 Å². The maximum absolute atomic E-state index is 12.3. The molecule has 0 saturated heterocycles. The van der Waals surface area contributed by atoms with Crippen molar-refractivity contribution in [2.75, 3.05) is 54.1 Å². The third-order valence-corrected chi connectivity index (χ3v) is 7.62. The molecule has 9 heteroatoms. The molecule has 39 heavy (non-hydrogen) atoms. The summed E-state index contributed by atoms with van der Waals surface area (Å²) >= 11 is 0. The number of nitrogens with zero attached hydrogens (tertiary/aromatic N) is 1. The van der Waals surface area contributed by atoms with E-state index in [4.69, 9.17) is 18.5 Å². The highest BCUT2D eigenvalue weighted by molar-refractivity contribution is 7.45. The van der Waals surface area contributed by atoms with Crippen molar-refractivity contribution in [3.8, 4) is 0 Å². The molecule has 0 aliphatic rings. The van der Waals surface area contributed by atoms with Gasteiger partial charge in [-0.05, 0) is 12.8 Å². The van der Waals surface area contributed by atoms with Gasteiger partial charge in [-0.1, -0.05) is 110 Å². The second kappa shape index (κ2) is 25.2. The second-order valence-corrected chi connectivity index (χ2v) is 13.2. The van der Waals surface area contributed by atoms with Gasteiger partial charge in [0.05, 0.1) is 34.4 Å². The van der Waals surface area contributed by atoms with Crippen LogP contribution in [0.2, 0.25) is 0 Å². The Bertz CT molecular complexity index is 613. The molecule has 0 aromatic carbocycles. The van der Waals surface area contributed by atoms with E-state index < -0.39 is 13.9 Å². The van der Waals surface area contributed by atoms with Crippen LogP contribution in [0.1, 0.15) is 129 Å². The lowest BCUT2D eigenvalue weighted by atomic mass is 10.1. The summed E-state index contributed by atoms with van der Waals surface area (Å²) in [4.78, 5) is 24.5. The molecule has 0 saturated carbocycles. The lowest BCUT2D eigenvalue weighted by molar-refractivity contribution is -0.870. The van der Waals surface area contributed by atoms with Crippen molar-refractivity contribution in [2.45, 2.75) is 136 Å². The van der Waals surface area contributed by atoms with Gasteiger partial charge in [0.1, 0.15) is 19.3 Å². The van der Waals surface area contributed by atoms with E-state index in [9.17, 15) is 14.3 Å². The fourth-order valence-corrected chi connectivity index (χ4v) is 4.86. The van der Waals surface area contributed by atoms with E-state index in [1.165, 1.54) is 64.2 Å². The summed E-state index contributed by atoms with van der Waals surface area (Å²) in [6, 6.07) is 0. The second-order valence-electron chi connectivity index (χ2n) is 11.8. The van der Waals surface area contributed by atoms with E-state index >= 15 is 0 Å². The van der Waals surface area contributed by atoms with Crippen molar-refractivity contribution >= 4 is 13.8 Å². The van der Waals surface area contributed by atoms with E-state index in [0.29, 0.717) is 24.1 Å². The Morgan fingerprint density at radius 2 is 1.18 bits per heavy atom. The standard InChI is InChI=1S/C30H62NO7P/c1-6-8-10-12-13-14-15-16-17-18-20-22-25-35-27-29(38-30(32)23-21-19-11-9-7-2)28-37-39(33,34)36-26-24-31(3,4)5/h29H,6-28H2,1-5H3. The third-order valence-electron chi connectivity index (χ3n) is 6.66. The lowest BCUT2D eigenvalue weighted by Gasteiger charge is -2.28. The fourth-order valence-electron chi connectivity index (χ4n) is 4.13. The predicted octanol–water partition coefficient (Wildman–Crippen LogP) is 7.18. The molecule has 0 aromatic heterocycles. The summed E-state index contributed by atoms with van der Waals surface area (Å²) in [5.74, 6) is -0.347. The van der Waals surface area contributed by atoms with Gasteiger partial charge in [-0.3, -0.25) is 9.36 Å².